The number of alkyl halides is 3. The van der Waals surface area contributed by atoms with Crippen LogP contribution in [0.25, 0.3) is 11.0 Å². The molecule has 0 spiro atoms. The Labute approximate surface area is 136 Å². The van der Waals surface area contributed by atoms with Crippen molar-refractivity contribution >= 4 is 16.9 Å². The fraction of sp³-hybridized carbons (Fsp3) is 0.167. The van der Waals surface area contributed by atoms with Crippen molar-refractivity contribution < 1.29 is 22.4 Å². The molecular formula is C18H14F3NO2. The van der Waals surface area contributed by atoms with Crippen molar-refractivity contribution in [3.8, 4) is 0 Å². The predicted molar refractivity (Wildman–Crippen MR) is 83.7 cm³/mol. The van der Waals surface area contributed by atoms with Crippen LogP contribution < -0.4 is 5.32 Å². The van der Waals surface area contributed by atoms with Crippen LogP contribution in [-0.4, -0.2) is 12.5 Å². The van der Waals surface area contributed by atoms with Gasteiger partial charge in [0.2, 0.25) is 0 Å². The first-order chi connectivity index (χ1) is 11.4. The fourth-order valence-corrected chi connectivity index (χ4v) is 2.37. The number of para-hydroxylation sites is 1. The second-order valence-corrected chi connectivity index (χ2v) is 5.33. The summed E-state index contributed by atoms with van der Waals surface area (Å²) in [5.41, 5.74) is 0.190. The van der Waals surface area contributed by atoms with Crippen molar-refractivity contribution in [2.45, 2.75) is 12.6 Å². The first-order valence-corrected chi connectivity index (χ1v) is 7.36. The highest BCUT2D eigenvalue weighted by Gasteiger charge is 2.30. The molecule has 124 valence electrons. The Hall–Kier alpha value is -2.76. The van der Waals surface area contributed by atoms with E-state index in [1.807, 2.05) is 30.3 Å². The lowest BCUT2D eigenvalue weighted by atomic mass is 10.1. The van der Waals surface area contributed by atoms with Crippen LogP contribution in [0.3, 0.4) is 0 Å². The normalized spacial score (nSPS) is 11.6. The number of carbonyl (C=O) groups excluding carboxylic acids is 1. The number of furan rings is 1. The van der Waals surface area contributed by atoms with Crippen LogP contribution in [0.2, 0.25) is 0 Å². The second-order valence-electron chi connectivity index (χ2n) is 5.33. The molecule has 1 amide bonds. The average Bonchev–Trinajstić information content (AvgIpc) is 2.96. The zero-order valence-corrected chi connectivity index (χ0v) is 12.6. The summed E-state index contributed by atoms with van der Waals surface area (Å²) in [4.78, 5) is 11.9. The highest BCUT2D eigenvalue weighted by atomic mass is 19.4. The minimum Gasteiger partial charge on any atom is -0.461 e. The van der Waals surface area contributed by atoms with Crippen LogP contribution in [0.4, 0.5) is 13.2 Å². The van der Waals surface area contributed by atoms with Crippen LogP contribution in [0, 0.1) is 0 Å². The lowest BCUT2D eigenvalue weighted by Crippen LogP contribution is -2.25. The van der Waals surface area contributed by atoms with Gasteiger partial charge in [0, 0.05) is 23.9 Å². The Balaban J connectivity index is 1.57. The molecule has 0 radical (unpaired) electrons. The van der Waals surface area contributed by atoms with E-state index in [4.69, 9.17) is 4.42 Å². The SMILES string of the molecule is O=C(NCCc1cc2ccccc2o1)c1ccc(C(F)(F)F)cc1. The lowest BCUT2D eigenvalue weighted by Gasteiger charge is -2.08. The van der Waals surface area contributed by atoms with Gasteiger partial charge in [0.05, 0.1) is 5.56 Å². The summed E-state index contributed by atoms with van der Waals surface area (Å²) in [5, 5.41) is 3.66. The molecule has 1 N–H and O–H groups in total. The predicted octanol–water partition coefficient (Wildman–Crippen LogP) is 4.42. The summed E-state index contributed by atoms with van der Waals surface area (Å²) >= 11 is 0. The van der Waals surface area contributed by atoms with Gasteiger partial charge in [-0.3, -0.25) is 4.79 Å². The number of hydrogen-bond donors (Lipinski definition) is 1. The van der Waals surface area contributed by atoms with Crippen LogP contribution in [0.1, 0.15) is 21.7 Å². The van der Waals surface area contributed by atoms with Gasteiger partial charge in [-0.2, -0.15) is 13.2 Å². The van der Waals surface area contributed by atoms with Gasteiger partial charge >= 0.3 is 6.18 Å². The molecule has 3 rings (SSSR count). The minimum absolute atomic E-state index is 0.188. The number of amides is 1. The smallest absolute Gasteiger partial charge is 0.416 e. The molecule has 24 heavy (non-hydrogen) atoms. The molecule has 2 aromatic carbocycles. The van der Waals surface area contributed by atoms with Crippen LogP contribution in [-0.2, 0) is 12.6 Å². The Bertz CT molecular complexity index is 818. The van der Waals surface area contributed by atoms with Gasteiger partial charge in [0.25, 0.3) is 5.91 Å². The van der Waals surface area contributed by atoms with E-state index in [1.54, 1.807) is 0 Å². The molecular weight excluding hydrogens is 319 g/mol. The van der Waals surface area contributed by atoms with Crippen LogP contribution in [0.5, 0.6) is 0 Å². The Kier molecular flexibility index (Phi) is 4.29. The van der Waals surface area contributed by atoms with Gasteiger partial charge in [-0.15, -0.1) is 0 Å². The quantitative estimate of drug-likeness (QED) is 0.768. The number of fused-ring (bicyclic) bond motifs is 1. The van der Waals surface area contributed by atoms with Gasteiger partial charge in [0.15, 0.2) is 0 Å². The first kappa shape index (κ1) is 16.1. The molecule has 1 heterocycles. The monoisotopic (exact) mass is 333 g/mol. The van der Waals surface area contributed by atoms with E-state index in [-0.39, 0.29) is 5.56 Å². The van der Waals surface area contributed by atoms with E-state index in [2.05, 4.69) is 5.32 Å². The summed E-state index contributed by atoms with van der Waals surface area (Å²) in [7, 11) is 0. The molecule has 0 atom stereocenters. The Morgan fingerprint density at radius 3 is 2.42 bits per heavy atom. The van der Waals surface area contributed by atoms with E-state index in [0.717, 1.165) is 28.9 Å². The number of benzene rings is 2. The summed E-state index contributed by atoms with van der Waals surface area (Å²) < 4.78 is 43.1. The van der Waals surface area contributed by atoms with Crippen molar-refractivity contribution in [2.24, 2.45) is 0 Å². The van der Waals surface area contributed by atoms with Crippen molar-refractivity contribution in [1.29, 1.82) is 0 Å². The summed E-state index contributed by atoms with van der Waals surface area (Å²) in [6.07, 6.45) is -3.91. The van der Waals surface area contributed by atoms with Crippen LogP contribution >= 0.6 is 0 Å². The third-order valence-corrected chi connectivity index (χ3v) is 3.61. The Morgan fingerprint density at radius 1 is 1.04 bits per heavy atom. The van der Waals surface area contributed by atoms with Gasteiger partial charge in [-0.05, 0) is 36.4 Å². The zero-order valence-electron chi connectivity index (χ0n) is 12.6. The number of rotatable bonds is 4. The molecule has 6 heteroatoms. The largest absolute Gasteiger partial charge is 0.461 e. The molecule has 0 aliphatic rings. The maximum Gasteiger partial charge on any atom is 0.416 e. The van der Waals surface area contributed by atoms with Gasteiger partial charge in [0.1, 0.15) is 11.3 Å². The fourth-order valence-electron chi connectivity index (χ4n) is 2.37. The molecule has 3 aromatic rings. The number of halogens is 3. The van der Waals surface area contributed by atoms with Gasteiger partial charge in [-0.1, -0.05) is 18.2 Å². The number of hydrogen-bond acceptors (Lipinski definition) is 2. The van der Waals surface area contributed by atoms with E-state index >= 15 is 0 Å². The maximum atomic E-state index is 12.5. The summed E-state index contributed by atoms with van der Waals surface area (Å²) in [6.45, 7) is 0.333. The number of nitrogens with one attached hydrogen (secondary N) is 1. The molecule has 0 aliphatic carbocycles. The lowest BCUT2D eigenvalue weighted by molar-refractivity contribution is -0.137. The molecule has 0 saturated carbocycles. The summed E-state index contributed by atoms with van der Waals surface area (Å²) in [5.74, 6) is 0.323. The van der Waals surface area contributed by atoms with E-state index in [0.29, 0.717) is 13.0 Å². The van der Waals surface area contributed by atoms with E-state index in [1.165, 1.54) is 12.1 Å². The highest BCUT2D eigenvalue weighted by molar-refractivity contribution is 5.94. The van der Waals surface area contributed by atoms with E-state index < -0.39 is 17.6 Å². The molecule has 0 bridgehead atoms. The second kappa shape index (κ2) is 6.39. The van der Waals surface area contributed by atoms with E-state index in [9.17, 15) is 18.0 Å². The molecule has 0 fully saturated rings. The molecule has 0 saturated heterocycles. The summed E-state index contributed by atoms with van der Waals surface area (Å²) in [6, 6.07) is 13.6. The minimum atomic E-state index is -4.41. The topological polar surface area (TPSA) is 42.2 Å². The average molecular weight is 333 g/mol. The van der Waals surface area contributed by atoms with Crippen molar-refractivity contribution in [3.63, 3.8) is 0 Å². The molecule has 1 aromatic heterocycles. The zero-order chi connectivity index (χ0) is 17.2. The van der Waals surface area contributed by atoms with Gasteiger partial charge < -0.3 is 9.73 Å². The van der Waals surface area contributed by atoms with Crippen molar-refractivity contribution in [1.82, 2.24) is 5.32 Å². The highest BCUT2D eigenvalue weighted by Crippen LogP contribution is 2.29. The number of carbonyl (C=O) groups is 1. The Morgan fingerprint density at radius 2 is 1.75 bits per heavy atom. The van der Waals surface area contributed by atoms with Crippen LogP contribution in [0.15, 0.2) is 59.0 Å². The van der Waals surface area contributed by atoms with Crippen molar-refractivity contribution in [2.75, 3.05) is 6.54 Å². The molecule has 3 nitrogen and oxygen atoms in total. The third kappa shape index (κ3) is 3.59. The van der Waals surface area contributed by atoms with Crippen molar-refractivity contribution in [3.05, 3.63) is 71.5 Å². The first-order valence-electron chi connectivity index (χ1n) is 7.36. The third-order valence-electron chi connectivity index (χ3n) is 3.61. The molecule has 0 unspecified atom stereocenters. The maximum absolute atomic E-state index is 12.5. The molecule has 0 aliphatic heterocycles. The van der Waals surface area contributed by atoms with Gasteiger partial charge in [-0.25, -0.2) is 0 Å². The standard InChI is InChI=1S/C18H14F3NO2/c19-18(20,21)14-7-5-12(6-8-14)17(23)22-10-9-15-11-13-3-1-2-4-16(13)24-15/h1-8,11H,9-10H2,(H,22,23).